The van der Waals surface area contributed by atoms with Gasteiger partial charge in [0.1, 0.15) is 0 Å². The predicted octanol–water partition coefficient (Wildman–Crippen LogP) is 3.45. The van der Waals surface area contributed by atoms with Crippen LogP contribution in [0.1, 0.15) is 26.7 Å². The van der Waals surface area contributed by atoms with Crippen LogP contribution in [0.2, 0.25) is 5.02 Å². The second kappa shape index (κ2) is 5.45. The van der Waals surface area contributed by atoms with Crippen molar-refractivity contribution < 1.29 is 4.39 Å². The van der Waals surface area contributed by atoms with E-state index in [1.807, 2.05) is 12.1 Å². The number of nitrogens with one attached hydrogen (secondary N) is 1. The smallest absolute Gasteiger partial charge is 0.165 e. The van der Waals surface area contributed by atoms with Crippen molar-refractivity contribution in [3.8, 4) is 0 Å². The molecule has 0 atom stereocenters. The van der Waals surface area contributed by atoms with Crippen LogP contribution in [-0.2, 0) is 0 Å². The number of nitrogens with zero attached hydrogens (tertiary/aromatic N) is 1. The molecule has 4 heteroatoms. The average molecular weight is 271 g/mol. The van der Waals surface area contributed by atoms with E-state index in [0.29, 0.717) is 5.69 Å². The normalized spacial score (nSPS) is 19.0. The van der Waals surface area contributed by atoms with Gasteiger partial charge in [-0.05, 0) is 25.0 Å². The maximum absolute atomic E-state index is 14.1. The van der Waals surface area contributed by atoms with E-state index in [9.17, 15) is 4.39 Å². The van der Waals surface area contributed by atoms with Crippen LogP contribution < -0.4 is 10.2 Å². The summed E-state index contributed by atoms with van der Waals surface area (Å²) < 4.78 is 14.1. The molecule has 1 aromatic carbocycles. The molecule has 0 unspecified atom stereocenters. The van der Waals surface area contributed by atoms with E-state index in [4.69, 9.17) is 11.6 Å². The summed E-state index contributed by atoms with van der Waals surface area (Å²) in [5.74, 6) is -0.304. The molecule has 2 rings (SSSR count). The van der Waals surface area contributed by atoms with E-state index >= 15 is 0 Å². The predicted molar refractivity (Wildman–Crippen MR) is 74.9 cm³/mol. The third-order valence-electron chi connectivity index (χ3n) is 4.00. The van der Waals surface area contributed by atoms with Crippen molar-refractivity contribution in [1.29, 1.82) is 0 Å². The van der Waals surface area contributed by atoms with Crippen LogP contribution in [0.25, 0.3) is 0 Å². The Morgan fingerprint density at radius 2 is 2.11 bits per heavy atom. The molecule has 100 valence electrons. The molecule has 2 nitrogen and oxygen atoms in total. The molecule has 0 saturated carbocycles. The SMILES string of the molecule is CCC1(CC)CN(c2cccc(Cl)c2F)CCN1. The number of hydrogen-bond donors (Lipinski definition) is 1. The number of rotatable bonds is 3. The highest BCUT2D eigenvalue weighted by atomic mass is 35.5. The Balaban J connectivity index is 2.26. The number of benzene rings is 1. The first-order valence-corrected chi connectivity index (χ1v) is 6.93. The van der Waals surface area contributed by atoms with Crippen molar-refractivity contribution in [2.45, 2.75) is 32.2 Å². The molecular formula is C14H20ClFN2. The van der Waals surface area contributed by atoms with Crippen molar-refractivity contribution in [2.75, 3.05) is 24.5 Å². The molecular weight excluding hydrogens is 251 g/mol. The van der Waals surface area contributed by atoms with Crippen LogP contribution in [0.5, 0.6) is 0 Å². The third-order valence-corrected chi connectivity index (χ3v) is 4.29. The van der Waals surface area contributed by atoms with Gasteiger partial charge in [-0.1, -0.05) is 31.5 Å². The molecule has 0 amide bonds. The van der Waals surface area contributed by atoms with Crippen LogP contribution in [-0.4, -0.2) is 25.2 Å². The molecule has 0 bridgehead atoms. The van der Waals surface area contributed by atoms with E-state index < -0.39 is 0 Å². The molecule has 0 aliphatic carbocycles. The molecule has 1 aliphatic rings. The fraction of sp³-hybridized carbons (Fsp3) is 0.571. The first kappa shape index (κ1) is 13.6. The molecule has 0 aromatic heterocycles. The summed E-state index contributed by atoms with van der Waals surface area (Å²) in [6, 6.07) is 5.21. The summed E-state index contributed by atoms with van der Waals surface area (Å²) in [7, 11) is 0. The lowest BCUT2D eigenvalue weighted by Crippen LogP contribution is -2.60. The van der Waals surface area contributed by atoms with Gasteiger partial charge in [-0.2, -0.15) is 0 Å². The quantitative estimate of drug-likeness (QED) is 0.905. The van der Waals surface area contributed by atoms with Crippen LogP contribution in [0, 0.1) is 5.82 Å². The average Bonchev–Trinajstić information content (AvgIpc) is 2.42. The highest BCUT2D eigenvalue weighted by Gasteiger charge is 2.32. The van der Waals surface area contributed by atoms with Gasteiger partial charge in [-0.3, -0.25) is 0 Å². The fourth-order valence-electron chi connectivity index (χ4n) is 2.62. The Kier molecular flexibility index (Phi) is 4.13. The number of halogens is 2. The zero-order chi connectivity index (χ0) is 13.2. The van der Waals surface area contributed by atoms with Gasteiger partial charge in [0.05, 0.1) is 10.7 Å². The lowest BCUT2D eigenvalue weighted by atomic mass is 9.90. The van der Waals surface area contributed by atoms with E-state index in [1.54, 1.807) is 6.07 Å². The summed E-state index contributed by atoms with van der Waals surface area (Å²) in [6.07, 6.45) is 2.09. The third kappa shape index (κ3) is 2.47. The molecule has 1 heterocycles. The number of hydrogen-bond acceptors (Lipinski definition) is 2. The highest BCUT2D eigenvalue weighted by Crippen LogP contribution is 2.29. The maximum atomic E-state index is 14.1. The van der Waals surface area contributed by atoms with Gasteiger partial charge >= 0.3 is 0 Å². The first-order chi connectivity index (χ1) is 8.62. The summed E-state index contributed by atoms with van der Waals surface area (Å²) in [6.45, 7) is 6.88. The van der Waals surface area contributed by atoms with Gasteiger partial charge in [0.2, 0.25) is 0 Å². The summed E-state index contributed by atoms with van der Waals surface area (Å²) in [5.41, 5.74) is 0.711. The van der Waals surface area contributed by atoms with Crippen molar-refractivity contribution in [3.63, 3.8) is 0 Å². The van der Waals surface area contributed by atoms with E-state index in [1.165, 1.54) is 0 Å². The topological polar surface area (TPSA) is 15.3 Å². The van der Waals surface area contributed by atoms with E-state index in [-0.39, 0.29) is 16.4 Å². The second-order valence-electron chi connectivity index (χ2n) is 4.91. The Morgan fingerprint density at radius 3 is 2.78 bits per heavy atom. The maximum Gasteiger partial charge on any atom is 0.165 e. The Hall–Kier alpha value is -0.800. The van der Waals surface area contributed by atoms with Crippen molar-refractivity contribution in [3.05, 3.63) is 29.0 Å². The molecule has 1 aromatic rings. The largest absolute Gasteiger partial charge is 0.366 e. The molecule has 1 fully saturated rings. The van der Waals surface area contributed by atoms with Crippen LogP contribution in [0.3, 0.4) is 0 Å². The zero-order valence-electron chi connectivity index (χ0n) is 11.0. The summed E-state index contributed by atoms with van der Waals surface area (Å²) in [5, 5.41) is 3.77. The van der Waals surface area contributed by atoms with Crippen molar-refractivity contribution in [1.82, 2.24) is 5.32 Å². The van der Waals surface area contributed by atoms with Crippen LogP contribution in [0.15, 0.2) is 18.2 Å². The molecule has 1 aliphatic heterocycles. The minimum Gasteiger partial charge on any atom is -0.366 e. The van der Waals surface area contributed by atoms with E-state index in [2.05, 4.69) is 24.1 Å². The minimum absolute atomic E-state index is 0.0903. The van der Waals surface area contributed by atoms with Gasteiger partial charge in [0, 0.05) is 25.2 Å². The standard InChI is InChI=1S/C14H20ClFN2/c1-3-14(4-2)10-18(9-8-17-14)12-7-5-6-11(15)13(12)16/h5-7,17H,3-4,8-10H2,1-2H3. The van der Waals surface area contributed by atoms with E-state index in [0.717, 1.165) is 32.5 Å². The van der Waals surface area contributed by atoms with Gasteiger partial charge in [0.25, 0.3) is 0 Å². The Bertz CT molecular complexity index is 418. The number of piperazine rings is 1. The van der Waals surface area contributed by atoms with Gasteiger partial charge in [0.15, 0.2) is 5.82 Å². The highest BCUT2D eigenvalue weighted by molar-refractivity contribution is 6.31. The second-order valence-corrected chi connectivity index (χ2v) is 5.32. The monoisotopic (exact) mass is 270 g/mol. The van der Waals surface area contributed by atoms with Crippen molar-refractivity contribution in [2.24, 2.45) is 0 Å². The Labute approximate surface area is 113 Å². The Morgan fingerprint density at radius 1 is 1.39 bits per heavy atom. The molecule has 0 radical (unpaired) electrons. The minimum atomic E-state index is -0.304. The molecule has 0 spiro atoms. The van der Waals surface area contributed by atoms with Gasteiger partial charge < -0.3 is 10.2 Å². The fourth-order valence-corrected chi connectivity index (χ4v) is 2.79. The van der Waals surface area contributed by atoms with Crippen LogP contribution in [0.4, 0.5) is 10.1 Å². The number of anilines is 1. The lowest BCUT2D eigenvalue weighted by molar-refractivity contribution is 0.276. The first-order valence-electron chi connectivity index (χ1n) is 6.56. The summed E-state index contributed by atoms with van der Waals surface area (Å²) in [4.78, 5) is 2.10. The molecule has 18 heavy (non-hydrogen) atoms. The lowest BCUT2D eigenvalue weighted by Gasteiger charge is -2.44. The molecule has 1 saturated heterocycles. The molecule has 1 N–H and O–H groups in total. The van der Waals surface area contributed by atoms with Gasteiger partial charge in [-0.15, -0.1) is 0 Å². The summed E-state index contributed by atoms with van der Waals surface area (Å²) >= 11 is 5.85. The zero-order valence-corrected chi connectivity index (χ0v) is 11.7. The van der Waals surface area contributed by atoms with Gasteiger partial charge in [-0.25, -0.2) is 4.39 Å². The van der Waals surface area contributed by atoms with Crippen molar-refractivity contribution >= 4 is 17.3 Å². The van der Waals surface area contributed by atoms with Crippen LogP contribution >= 0.6 is 11.6 Å².